The number of carbonyl (C=O) groups is 1. The van der Waals surface area contributed by atoms with Crippen LogP contribution < -0.4 is 20.5 Å². The topological polar surface area (TPSA) is 165 Å². The number of hydrogen-bond donors (Lipinski definition) is 1. The first-order valence-electron chi connectivity index (χ1n) is 23.9. The van der Waals surface area contributed by atoms with Gasteiger partial charge in [0.1, 0.15) is 48.0 Å². The third-order valence-electron chi connectivity index (χ3n) is 12.8. The Labute approximate surface area is 411 Å². The molecule has 0 saturated carbocycles. The quantitative estimate of drug-likeness (QED) is 0.0219. The van der Waals surface area contributed by atoms with Crippen molar-refractivity contribution in [1.82, 2.24) is 14.2 Å². The van der Waals surface area contributed by atoms with Gasteiger partial charge in [-0.3, -0.25) is 9.36 Å². The highest BCUT2D eigenvalue weighted by Crippen LogP contribution is 2.52. The Bertz CT molecular complexity index is 2270. The van der Waals surface area contributed by atoms with E-state index in [1.165, 1.54) is 11.5 Å². The molecule has 1 aliphatic rings. The van der Waals surface area contributed by atoms with Gasteiger partial charge >= 0.3 is 5.69 Å². The molecule has 1 aromatic heterocycles. The van der Waals surface area contributed by atoms with Crippen LogP contribution in [0.5, 0.6) is 11.5 Å². The zero-order valence-corrected chi connectivity index (χ0v) is 44.8. The Morgan fingerprint density at radius 2 is 1.39 bits per heavy atom. The van der Waals surface area contributed by atoms with Crippen LogP contribution in [0.15, 0.2) is 89.9 Å². The van der Waals surface area contributed by atoms with Crippen LogP contribution in [-0.4, -0.2) is 93.1 Å². The Morgan fingerprint density at radius 1 is 0.855 bits per heavy atom. The van der Waals surface area contributed by atoms with Gasteiger partial charge in [0, 0.05) is 30.8 Å². The van der Waals surface area contributed by atoms with Crippen molar-refractivity contribution in [3.8, 4) is 17.6 Å². The maximum absolute atomic E-state index is 14.3. The molecule has 1 fully saturated rings. The first-order chi connectivity index (χ1) is 32.8. The molecule has 0 spiro atoms. The zero-order valence-electron chi connectivity index (χ0n) is 42.9. The second-order valence-electron chi connectivity index (χ2n) is 18.9. The average Bonchev–Trinajstić information content (AvgIpc) is 3.64. The Morgan fingerprint density at radius 3 is 1.87 bits per heavy atom. The lowest BCUT2D eigenvalue weighted by atomic mass is 9.80. The maximum atomic E-state index is 14.3. The number of nitrogens with one attached hydrogen (secondary N) is 1. The van der Waals surface area contributed by atoms with Gasteiger partial charge in [-0.2, -0.15) is 10.2 Å². The summed E-state index contributed by atoms with van der Waals surface area (Å²) in [7, 11) is -1.12. The lowest BCUT2D eigenvalue weighted by Gasteiger charge is -2.42. The van der Waals surface area contributed by atoms with Gasteiger partial charge < -0.3 is 42.5 Å². The summed E-state index contributed by atoms with van der Waals surface area (Å²) in [5.41, 5.74) is 1.84. The highest BCUT2D eigenvalue weighted by Gasteiger charge is 2.53. The summed E-state index contributed by atoms with van der Waals surface area (Å²) in [5, 5.41) is 12.3. The van der Waals surface area contributed by atoms with E-state index >= 15 is 0 Å². The van der Waals surface area contributed by atoms with Gasteiger partial charge in [0.05, 0.1) is 39.9 Å². The summed E-state index contributed by atoms with van der Waals surface area (Å²) in [6.45, 7) is 24.6. The normalized spacial score (nSPS) is 18.1. The predicted molar refractivity (Wildman–Crippen MR) is 272 cm³/mol. The molecule has 2 heterocycles. The molecule has 5 rings (SSSR count). The van der Waals surface area contributed by atoms with E-state index in [2.05, 4.69) is 90.3 Å². The molecule has 17 heteroatoms. The summed E-state index contributed by atoms with van der Waals surface area (Å²) in [6, 6.07) is 27.6. The average molecular weight is 988 g/mol. The van der Waals surface area contributed by atoms with Crippen molar-refractivity contribution in [2.45, 2.75) is 148 Å². The molecule has 5 atom stereocenters. The fourth-order valence-electron chi connectivity index (χ4n) is 9.81. The van der Waals surface area contributed by atoms with Gasteiger partial charge in [-0.1, -0.05) is 96.1 Å². The summed E-state index contributed by atoms with van der Waals surface area (Å²) < 4.78 is 57.2. The van der Waals surface area contributed by atoms with Crippen LogP contribution in [0, 0.1) is 18.3 Å². The SMILES string of the molecule is COc1ccc(C(OCC2OC(n3cc(C)c(NC(C)=O)nc3=O)C(OCO[Si](C(C)C)(C(C)C)C(C)C)C2OP(OCCC#N)N(C(C)C)C(C)C)(c2ccccc2)c2ccc(OC)cc2)cc1. The standard InChI is InChI=1S/C52H74N5O10PSi/c1-34(2)57(35(3)4)68(64-30-18-29-53)67-47-46(32-63-52(41-19-16-15-17-20-41,42-21-25-44(60-13)26-22-42)43-23-27-45(61-14)28-24-43)66-50(56-31-39(11)49(54-40(12)58)55-51(56)59)48(47)62-33-65-69(36(5)6,37(7)8)38(9)10/h15-17,19-28,31,34-38,46-48,50H,18,30,32-33H2,1-14H3,(H,54,55,58,59). The summed E-state index contributed by atoms with van der Waals surface area (Å²) in [6.07, 6.45) is -2.24. The lowest BCUT2D eigenvalue weighted by Crippen LogP contribution is -2.49. The van der Waals surface area contributed by atoms with Crippen LogP contribution in [0.3, 0.4) is 0 Å². The number of aryl methyl sites for hydroxylation is 1. The fraction of sp³-hybridized carbons (Fsp3) is 0.538. The van der Waals surface area contributed by atoms with Crippen molar-refractivity contribution in [2.24, 2.45) is 0 Å². The largest absolute Gasteiger partial charge is 0.497 e. The van der Waals surface area contributed by atoms with E-state index in [1.54, 1.807) is 27.3 Å². The van der Waals surface area contributed by atoms with Gasteiger partial charge in [-0.05, 0) is 92.2 Å². The molecule has 1 amide bonds. The summed E-state index contributed by atoms with van der Waals surface area (Å²) >= 11 is 0. The summed E-state index contributed by atoms with van der Waals surface area (Å²) in [5.74, 6) is 1.13. The Hall–Kier alpha value is -4.53. The van der Waals surface area contributed by atoms with Crippen molar-refractivity contribution in [3.05, 3.63) is 118 Å². The molecular weight excluding hydrogens is 914 g/mol. The fourth-order valence-corrected chi connectivity index (χ4v) is 16.8. The van der Waals surface area contributed by atoms with Crippen LogP contribution in [0.4, 0.5) is 5.82 Å². The van der Waals surface area contributed by atoms with Crippen LogP contribution in [0.25, 0.3) is 0 Å². The molecule has 0 aliphatic carbocycles. The zero-order chi connectivity index (χ0) is 50.6. The minimum absolute atomic E-state index is 0.0323. The molecule has 69 heavy (non-hydrogen) atoms. The van der Waals surface area contributed by atoms with E-state index in [4.69, 9.17) is 37.2 Å². The number of nitriles is 1. The number of amides is 1. The van der Waals surface area contributed by atoms with Crippen molar-refractivity contribution in [1.29, 1.82) is 5.26 Å². The Balaban J connectivity index is 1.75. The molecule has 15 nitrogen and oxygen atoms in total. The summed E-state index contributed by atoms with van der Waals surface area (Å²) in [4.78, 5) is 30.8. The van der Waals surface area contributed by atoms with Gasteiger partial charge in [-0.25, -0.2) is 9.46 Å². The molecule has 1 aliphatic heterocycles. The first-order valence-corrected chi connectivity index (χ1v) is 27.1. The molecular formula is C52H74N5O10PSi. The van der Waals surface area contributed by atoms with Crippen LogP contribution in [0.2, 0.25) is 16.6 Å². The van der Waals surface area contributed by atoms with Crippen molar-refractivity contribution in [2.75, 3.05) is 39.5 Å². The monoisotopic (exact) mass is 987 g/mol. The lowest BCUT2D eigenvalue weighted by molar-refractivity contribution is -0.116. The number of anilines is 1. The number of hydrogen-bond acceptors (Lipinski definition) is 13. The minimum Gasteiger partial charge on any atom is -0.497 e. The molecule has 4 aromatic rings. The van der Waals surface area contributed by atoms with E-state index in [9.17, 15) is 14.9 Å². The molecule has 1 N–H and O–H groups in total. The van der Waals surface area contributed by atoms with Crippen molar-refractivity contribution < 1.29 is 42.0 Å². The molecule has 1 saturated heterocycles. The smallest absolute Gasteiger partial charge is 0.351 e. The number of aromatic nitrogens is 2. The number of methoxy groups -OCH3 is 2. The third-order valence-corrected chi connectivity index (χ3v) is 20.9. The predicted octanol–water partition coefficient (Wildman–Crippen LogP) is 10.6. The van der Waals surface area contributed by atoms with Crippen molar-refractivity contribution in [3.63, 3.8) is 0 Å². The van der Waals surface area contributed by atoms with Gasteiger partial charge in [-0.15, -0.1) is 0 Å². The van der Waals surface area contributed by atoms with Gasteiger partial charge in [0.15, 0.2) is 6.23 Å². The second kappa shape index (κ2) is 25.0. The Kier molecular flexibility index (Phi) is 20.1. The van der Waals surface area contributed by atoms with E-state index in [0.717, 1.165) is 16.7 Å². The van der Waals surface area contributed by atoms with Gasteiger partial charge in [0.2, 0.25) is 14.2 Å². The molecule has 5 unspecified atom stereocenters. The number of carbonyl (C=O) groups excluding carboxylic acids is 1. The van der Waals surface area contributed by atoms with Crippen LogP contribution in [-0.2, 0) is 38.1 Å². The highest BCUT2D eigenvalue weighted by atomic mass is 31.2. The van der Waals surface area contributed by atoms with E-state index < -0.39 is 52.7 Å². The third kappa shape index (κ3) is 12.7. The number of nitrogens with zero attached hydrogens (tertiary/aromatic N) is 4. The van der Waals surface area contributed by atoms with E-state index in [0.29, 0.717) is 17.1 Å². The highest BCUT2D eigenvalue weighted by molar-refractivity contribution is 7.44. The van der Waals surface area contributed by atoms with Crippen molar-refractivity contribution >= 4 is 28.6 Å². The number of rotatable bonds is 25. The van der Waals surface area contributed by atoms with Gasteiger partial charge in [0.25, 0.3) is 8.53 Å². The molecule has 3 aromatic carbocycles. The minimum atomic E-state index is -2.48. The second-order valence-corrected chi connectivity index (χ2v) is 25.7. The first kappa shape index (κ1) is 55.4. The number of benzene rings is 3. The maximum Gasteiger partial charge on any atom is 0.351 e. The van der Waals surface area contributed by atoms with E-state index in [1.807, 2.05) is 78.9 Å². The van der Waals surface area contributed by atoms with E-state index in [-0.39, 0.29) is 66.9 Å². The van der Waals surface area contributed by atoms with Crippen LogP contribution >= 0.6 is 8.53 Å². The molecule has 376 valence electrons. The number of ether oxygens (including phenoxy) is 5. The molecule has 0 bridgehead atoms. The molecule has 0 radical (unpaired) electrons. The van der Waals surface area contributed by atoms with Crippen LogP contribution in [0.1, 0.15) is 111 Å².